The van der Waals surface area contributed by atoms with Gasteiger partial charge in [0.15, 0.2) is 0 Å². The molecule has 19 heavy (non-hydrogen) atoms. The van der Waals surface area contributed by atoms with E-state index in [1.165, 1.54) is 35.2 Å². The van der Waals surface area contributed by atoms with Crippen LogP contribution in [0.4, 0.5) is 0 Å². The summed E-state index contributed by atoms with van der Waals surface area (Å²) >= 11 is 1.80. The lowest BCUT2D eigenvalue weighted by molar-refractivity contribution is 0.447. The Morgan fingerprint density at radius 3 is 3.11 bits per heavy atom. The topological polar surface area (TPSA) is 24.9 Å². The molecule has 2 aromatic rings. The zero-order valence-corrected chi connectivity index (χ0v) is 12.3. The molecular weight excluding hydrogens is 252 g/mol. The molecule has 3 heteroatoms. The predicted octanol–water partition coefficient (Wildman–Crippen LogP) is 3.83. The minimum absolute atomic E-state index is 0.410. The van der Waals surface area contributed by atoms with Crippen LogP contribution in [0.1, 0.15) is 47.7 Å². The molecule has 0 radical (unpaired) electrons. The fourth-order valence-corrected chi connectivity index (χ4v) is 4.03. The molecule has 0 spiro atoms. The molecule has 2 heterocycles. The van der Waals surface area contributed by atoms with E-state index in [-0.39, 0.29) is 0 Å². The van der Waals surface area contributed by atoms with Crippen molar-refractivity contribution in [2.45, 2.75) is 38.6 Å². The number of hydrogen-bond acceptors (Lipinski definition) is 3. The molecule has 1 aliphatic carbocycles. The van der Waals surface area contributed by atoms with Crippen molar-refractivity contribution in [1.29, 1.82) is 0 Å². The third-order valence-corrected chi connectivity index (χ3v) is 4.94. The number of hydrogen-bond donors (Lipinski definition) is 1. The molecule has 2 unspecified atom stereocenters. The Morgan fingerprint density at radius 2 is 2.37 bits per heavy atom. The first-order valence-electron chi connectivity index (χ1n) is 7.01. The Hall–Kier alpha value is -1.19. The van der Waals surface area contributed by atoms with Gasteiger partial charge in [-0.3, -0.25) is 4.98 Å². The normalized spacial score (nSPS) is 19.4. The van der Waals surface area contributed by atoms with Gasteiger partial charge in [-0.05, 0) is 59.8 Å². The maximum atomic E-state index is 4.65. The standard InChI is InChI=1S/C16H20N2S/c1-3-17-16(14-10-19-9-11(14)2)13-7-6-12-5-4-8-18-15(12)13/h4-5,8-10,13,16-17H,3,6-7H2,1-2H3. The zero-order valence-electron chi connectivity index (χ0n) is 11.5. The second kappa shape index (κ2) is 5.43. The van der Waals surface area contributed by atoms with Crippen LogP contribution in [0.15, 0.2) is 29.1 Å². The van der Waals surface area contributed by atoms with Crippen molar-refractivity contribution in [3.8, 4) is 0 Å². The van der Waals surface area contributed by atoms with E-state index in [0.717, 1.165) is 6.54 Å². The van der Waals surface area contributed by atoms with E-state index in [1.807, 2.05) is 6.20 Å². The maximum absolute atomic E-state index is 4.65. The summed E-state index contributed by atoms with van der Waals surface area (Å²) in [5.41, 5.74) is 5.60. The van der Waals surface area contributed by atoms with Crippen molar-refractivity contribution >= 4 is 11.3 Å². The number of likely N-dealkylation sites (N-methyl/N-ethyl adjacent to an activating group) is 1. The maximum Gasteiger partial charge on any atom is 0.0485 e. The monoisotopic (exact) mass is 272 g/mol. The lowest BCUT2D eigenvalue weighted by atomic mass is 9.90. The molecule has 0 amide bonds. The van der Waals surface area contributed by atoms with Crippen molar-refractivity contribution in [2.75, 3.05) is 6.54 Å². The van der Waals surface area contributed by atoms with E-state index >= 15 is 0 Å². The van der Waals surface area contributed by atoms with Crippen LogP contribution in [0.25, 0.3) is 0 Å². The molecular formula is C16H20N2S. The molecule has 2 atom stereocenters. The van der Waals surface area contributed by atoms with Gasteiger partial charge in [0.1, 0.15) is 0 Å². The van der Waals surface area contributed by atoms with E-state index in [9.17, 15) is 0 Å². The Kier molecular flexibility index (Phi) is 3.67. The van der Waals surface area contributed by atoms with Crippen molar-refractivity contribution in [3.63, 3.8) is 0 Å². The summed E-state index contributed by atoms with van der Waals surface area (Å²) in [6.07, 6.45) is 4.30. The van der Waals surface area contributed by atoms with Gasteiger partial charge in [-0.25, -0.2) is 0 Å². The largest absolute Gasteiger partial charge is 0.310 e. The summed E-state index contributed by atoms with van der Waals surface area (Å²) in [5, 5.41) is 8.21. The highest BCUT2D eigenvalue weighted by molar-refractivity contribution is 7.08. The molecule has 3 rings (SSSR count). The van der Waals surface area contributed by atoms with Gasteiger partial charge >= 0.3 is 0 Å². The number of fused-ring (bicyclic) bond motifs is 1. The first kappa shape index (κ1) is 12.8. The van der Waals surface area contributed by atoms with Crippen LogP contribution in [-0.4, -0.2) is 11.5 Å². The molecule has 100 valence electrons. The van der Waals surface area contributed by atoms with Crippen molar-refractivity contribution in [1.82, 2.24) is 10.3 Å². The summed E-state index contributed by atoms with van der Waals surface area (Å²) in [7, 11) is 0. The second-order valence-electron chi connectivity index (χ2n) is 5.24. The molecule has 1 aliphatic rings. The van der Waals surface area contributed by atoms with Gasteiger partial charge in [0, 0.05) is 23.9 Å². The molecule has 0 saturated heterocycles. The molecule has 0 bridgehead atoms. The third kappa shape index (κ3) is 2.33. The van der Waals surface area contributed by atoms with E-state index in [0.29, 0.717) is 12.0 Å². The van der Waals surface area contributed by atoms with Crippen LogP contribution in [0.2, 0.25) is 0 Å². The molecule has 0 aliphatic heterocycles. The van der Waals surface area contributed by atoms with E-state index in [1.54, 1.807) is 11.3 Å². The van der Waals surface area contributed by atoms with Crippen LogP contribution in [0, 0.1) is 6.92 Å². The van der Waals surface area contributed by atoms with Crippen LogP contribution in [0.5, 0.6) is 0 Å². The van der Waals surface area contributed by atoms with E-state index in [4.69, 9.17) is 0 Å². The Balaban J connectivity index is 1.96. The molecule has 0 saturated carbocycles. The SMILES string of the molecule is CCNC(c1cscc1C)C1CCc2cccnc21. The second-order valence-corrected chi connectivity index (χ2v) is 5.98. The van der Waals surface area contributed by atoms with Crippen LogP contribution in [-0.2, 0) is 6.42 Å². The quantitative estimate of drug-likeness (QED) is 0.915. The Labute approximate surface area is 118 Å². The molecule has 0 aromatic carbocycles. The number of nitrogens with zero attached hydrogens (tertiary/aromatic N) is 1. The van der Waals surface area contributed by atoms with Crippen molar-refractivity contribution < 1.29 is 0 Å². The van der Waals surface area contributed by atoms with Gasteiger partial charge in [0.2, 0.25) is 0 Å². The smallest absolute Gasteiger partial charge is 0.0485 e. The summed E-state index contributed by atoms with van der Waals surface area (Å²) in [4.78, 5) is 4.65. The highest BCUT2D eigenvalue weighted by Gasteiger charge is 2.32. The lowest BCUT2D eigenvalue weighted by Gasteiger charge is -2.25. The average Bonchev–Trinajstić information content (AvgIpc) is 3.03. The number of thiophene rings is 1. The minimum atomic E-state index is 0.410. The van der Waals surface area contributed by atoms with Crippen LogP contribution in [0.3, 0.4) is 0 Å². The molecule has 0 fully saturated rings. The highest BCUT2D eigenvalue weighted by atomic mass is 32.1. The van der Waals surface area contributed by atoms with Gasteiger partial charge in [-0.1, -0.05) is 13.0 Å². The Morgan fingerprint density at radius 1 is 1.47 bits per heavy atom. The lowest BCUT2D eigenvalue weighted by Crippen LogP contribution is -2.26. The number of nitrogens with one attached hydrogen (secondary N) is 1. The average molecular weight is 272 g/mol. The van der Waals surface area contributed by atoms with Gasteiger partial charge in [0.05, 0.1) is 0 Å². The fraction of sp³-hybridized carbons (Fsp3) is 0.438. The predicted molar refractivity (Wildman–Crippen MR) is 80.8 cm³/mol. The number of aromatic nitrogens is 1. The molecule has 1 N–H and O–H groups in total. The van der Waals surface area contributed by atoms with Gasteiger partial charge < -0.3 is 5.32 Å². The summed E-state index contributed by atoms with van der Waals surface area (Å²) < 4.78 is 0. The Bertz CT molecular complexity index is 561. The summed E-state index contributed by atoms with van der Waals surface area (Å²) in [6.45, 7) is 5.39. The highest BCUT2D eigenvalue weighted by Crippen LogP contribution is 2.41. The molecule has 2 aromatic heterocycles. The van der Waals surface area contributed by atoms with E-state index < -0.39 is 0 Å². The van der Waals surface area contributed by atoms with Gasteiger partial charge in [0.25, 0.3) is 0 Å². The number of pyridine rings is 1. The number of aryl methyl sites for hydroxylation is 2. The third-order valence-electron chi connectivity index (χ3n) is 4.06. The number of rotatable bonds is 4. The van der Waals surface area contributed by atoms with Crippen molar-refractivity contribution in [2.24, 2.45) is 0 Å². The molecule has 2 nitrogen and oxygen atoms in total. The first-order valence-corrected chi connectivity index (χ1v) is 7.95. The summed E-state index contributed by atoms with van der Waals surface area (Å²) in [6, 6.07) is 4.69. The van der Waals surface area contributed by atoms with E-state index in [2.05, 4.69) is 47.0 Å². The van der Waals surface area contributed by atoms with Gasteiger partial charge in [-0.2, -0.15) is 11.3 Å². The van der Waals surface area contributed by atoms with Crippen molar-refractivity contribution in [3.05, 3.63) is 51.5 Å². The van der Waals surface area contributed by atoms with Crippen LogP contribution < -0.4 is 5.32 Å². The minimum Gasteiger partial charge on any atom is -0.310 e. The van der Waals surface area contributed by atoms with Crippen LogP contribution >= 0.6 is 11.3 Å². The summed E-state index contributed by atoms with van der Waals surface area (Å²) in [5.74, 6) is 0.518. The zero-order chi connectivity index (χ0) is 13.2. The first-order chi connectivity index (χ1) is 9.31. The fourth-order valence-electron chi connectivity index (χ4n) is 3.15. The van der Waals surface area contributed by atoms with Gasteiger partial charge in [-0.15, -0.1) is 0 Å².